The first-order valence-electron chi connectivity index (χ1n) is 8.50. The molecule has 0 fully saturated rings. The number of aromatic nitrogens is 3. The van der Waals surface area contributed by atoms with Gasteiger partial charge in [-0.15, -0.1) is 0 Å². The molecule has 0 radical (unpaired) electrons. The highest BCUT2D eigenvalue weighted by molar-refractivity contribution is 9.10. The Morgan fingerprint density at radius 2 is 1.75 bits per heavy atom. The predicted molar refractivity (Wildman–Crippen MR) is 110 cm³/mol. The minimum Gasteiger partial charge on any atom is -0.438 e. The number of carbonyl (C=O) groups excluding carboxylic acids is 1. The van der Waals surface area contributed by atoms with Gasteiger partial charge in [-0.1, -0.05) is 34.1 Å². The average Bonchev–Trinajstić information content (AvgIpc) is 3.19. The Balaban J connectivity index is 1.53. The summed E-state index contributed by atoms with van der Waals surface area (Å²) in [6.45, 7) is 0. The van der Waals surface area contributed by atoms with Crippen LogP contribution in [0.25, 0.3) is 5.69 Å². The van der Waals surface area contributed by atoms with Crippen molar-refractivity contribution in [2.45, 2.75) is 0 Å². The molecule has 138 valence electrons. The Bertz CT molecular complexity index is 1090. The highest BCUT2D eigenvalue weighted by Gasteiger charge is 2.15. The number of hydrogen-bond acceptors (Lipinski definition) is 4. The number of nitrogens with one attached hydrogen (secondary N) is 1. The van der Waals surface area contributed by atoms with Crippen molar-refractivity contribution in [3.8, 4) is 17.3 Å². The third kappa shape index (κ3) is 4.10. The summed E-state index contributed by atoms with van der Waals surface area (Å²) in [7, 11) is 0. The minimum atomic E-state index is -0.349. The van der Waals surface area contributed by atoms with Crippen molar-refractivity contribution in [1.29, 1.82) is 0 Å². The van der Waals surface area contributed by atoms with E-state index < -0.39 is 0 Å². The van der Waals surface area contributed by atoms with Gasteiger partial charge in [0.05, 0.1) is 5.69 Å². The summed E-state index contributed by atoms with van der Waals surface area (Å²) in [6, 6.07) is 22.0. The van der Waals surface area contributed by atoms with Gasteiger partial charge in [-0.2, -0.15) is 5.10 Å². The second kappa shape index (κ2) is 8.06. The molecule has 0 aliphatic heterocycles. The smallest absolute Gasteiger partial charge is 0.262 e. The molecule has 6 nitrogen and oxygen atoms in total. The predicted octanol–water partition coefficient (Wildman–Crippen LogP) is 5.07. The van der Waals surface area contributed by atoms with E-state index in [0.29, 0.717) is 17.1 Å². The van der Waals surface area contributed by atoms with E-state index in [4.69, 9.17) is 4.74 Å². The first-order valence-corrected chi connectivity index (χ1v) is 9.29. The van der Waals surface area contributed by atoms with Gasteiger partial charge in [-0.25, -0.2) is 9.67 Å². The normalized spacial score (nSPS) is 10.5. The molecule has 1 amide bonds. The molecule has 0 spiro atoms. The van der Waals surface area contributed by atoms with Crippen LogP contribution in [0.5, 0.6) is 11.6 Å². The number of anilines is 1. The number of nitrogens with zero attached hydrogens (tertiary/aromatic N) is 3. The molecule has 0 saturated carbocycles. The van der Waals surface area contributed by atoms with Gasteiger partial charge in [0.25, 0.3) is 5.91 Å². The van der Waals surface area contributed by atoms with Crippen LogP contribution in [-0.4, -0.2) is 20.7 Å². The Morgan fingerprint density at radius 1 is 0.964 bits per heavy atom. The van der Waals surface area contributed by atoms with E-state index in [1.807, 2.05) is 42.5 Å². The summed E-state index contributed by atoms with van der Waals surface area (Å²) in [5, 5.41) is 7.17. The maximum Gasteiger partial charge on any atom is 0.262 e. The topological polar surface area (TPSA) is 69.0 Å². The summed E-state index contributed by atoms with van der Waals surface area (Å²) in [5.41, 5.74) is 1.23. The van der Waals surface area contributed by atoms with Crippen molar-refractivity contribution in [3.05, 3.63) is 95.2 Å². The molecular weight excluding hydrogens is 420 g/mol. The monoisotopic (exact) mass is 434 g/mol. The zero-order valence-electron chi connectivity index (χ0n) is 14.6. The number of carbonyl (C=O) groups is 1. The van der Waals surface area contributed by atoms with Crippen LogP contribution in [-0.2, 0) is 0 Å². The largest absolute Gasteiger partial charge is 0.438 e. The second-order valence-electron chi connectivity index (χ2n) is 5.85. The minimum absolute atomic E-state index is 0.227. The molecule has 0 aliphatic rings. The Labute approximate surface area is 169 Å². The van der Waals surface area contributed by atoms with Crippen LogP contribution in [0.15, 0.2) is 89.7 Å². The van der Waals surface area contributed by atoms with Crippen LogP contribution in [0.2, 0.25) is 0 Å². The van der Waals surface area contributed by atoms with Gasteiger partial charge < -0.3 is 10.1 Å². The van der Waals surface area contributed by atoms with Gasteiger partial charge >= 0.3 is 0 Å². The van der Waals surface area contributed by atoms with Crippen molar-refractivity contribution in [1.82, 2.24) is 14.8 Å². The van der Waals surface area contributed by atoms with Gasteiger partial charge in [0, 0.05) is 22.9 Å². The SMILES string of the molecule is O=C(Nc1ccn(-c2ccccc2)n1)c1cccnc1Oc1ccc(Br)cc1. The van der Waals surface area contributed by atoms with Gasteiger partial charge in [-0.3, -0.25) is 4.79 Å². The standard InChI is InChI=1S/C21H15BrN4O2/c22-15-8-10-17(11-9-15)28-21-18(7-4-13-23-21)20(27)24-19-12-14-26(25-19)16-5-2-1-3-6-16/h1-14H,(H,24,25,27). The number of para-hydroxylation sites is 1. The zero-order chi connectivity index (χ0) is 19.3. The Hall–Kier alpha value is -3.45. The van der Waals surface area contributed by atoms with Crippen molar-refractivity contribution >= 4 is 27.7 Å². The second-order valence-corrected chi connectivity index (χ2v) is 6.76. The molecule has 0 bridgehead atoms. The van der Waals surface area contributed by atoms with Crippen LogP contribution in [0.3, 0.4) is 0 Å². The first kappa shape index (κ1) is 17.9. The molecule has 2 heterocycles. The number of rotatable bonds is 5. The van der Waals surface area contributed by atoms with E-state index in [0.717, 1.165) is 10.2 Å². The fraction of sp³-hybridized carbons (Fsp3) is 0. The lowest BCUT2D eigenvalue weighted by atomic mass is 10.2. The van der Waals surface area contributed by atoms with Crippen LogP contribution in [0.4, 0.5) is 5.82 Å². The van der Waals surface area contributed by atoms with Crippen molar-refractivity contribution in [3.63, 3.8) is 0 Å². The fourth-order valence-electron chi connectivity index (χ4n) is 2.56. The number of benzene rings is 2. The quantitative estimate of drug-likeness (QED) is 0.475. The molecule has 4 aromatic rings. The molecule has 0 aliphatic carbocycles. The molecular formula is C21H15BrN4O2. The molecule has 2 aromatic carbocycles. The van der Waals surface area contributed by atoms with E-state index in [9.17, 15) is 4.79 Å². The number of hydrogen-bond donors (Lipinski definition) is 1. The maximum atomic E-state index is 12.7. The summed E-state index contributed by atoms with van der Waals surface area (Å²) in [4.78, 5) is 16.9. The van der Waals surface area contributed by atoms with Gasteiger partial charge in [0.15, 0.2) is 5.82 Å². The number of pyridine rings is 1. The average molecular weight is 435 g/mol. The molecule has 4 rings (SSSR count). The molecule has 1 N–H and O–H groups in total. The number of halogens is 1. The maximum absolute atomic E-state index is 12.7. The third-order valence-electron chi connectivity index (χ3n) is 3.90. The summed E-state index contributed by atoms with van der Waals surface area (Å²) >= 11 is 3.38. The van der Waals surface area contributed by atoms with E-state index in [1.54, 1.807) is 47.4 Å². The van der Waals surface area contributed by atoms with E-state index in [-0.39, 0.29) is 11.8 Å². The molecule has 0 unspecified atom stereocenters. The molecule has 7 heteroatoms. The van der Waals surface area contributed by atoms with Gasteiger partial charge in [0.1, 0.15) is 11.3 Å². The lowest BCUT2D eigenvalue weighted by molar-refractivity contribution is 0.102. The summed E-state index contributed by atoms with van der Waals surface area (Å²) in [6.07, 6.45) is 3.36. The number of ether oxygens (including phenoxy) is 1. The molecule has 2 aromatic heterocycles. The Morgan fingerprint density at radius 3 is 2.54 bits per heavy atom. The van der Waals surface area contributed by atoms with Crippen LogP contribution in [0.1, 0.15) is 10.4 Å². The highest BCUT2D eigenvalue weighted by atomic mass is 79.9. The third-order valence-corrected chi connectivity index (χ3v) is 4.42. The summed E-state index contributed by atoms with van der Waals surface area (Å²) in [5.74, 6) is 0.903. The van der Waals surface area contributed by atoms with E-state index in [2.05, 4.69) is 31.3 Å². The first-order chi connectivity index (χ1) is 13.7. The van der Waals surface area contributed by atoms with Crippen LogP contribution < -0.4 is 10.1 Å². The van der Waals surface area contributed by atoms with Crippen molar-refractivity contribution < 1.29 is 9.53 Å². The summed E-state index contributed by atoms with van der Waals surface area (Å²) < 4.78 is 8.41. The molecule has 0 atom stereocenters. The van der Waals surface area contributed by atoms with Crippen LogP contribution in [0, 0.1) is 0 Å². The molecule has 0 saturated heterocycles. The van der Waals surface area contributed by atoms with Gasteiger partial charge in [0.2, 0.25) is 5.88 Å². The van der Waals surface area contributed by atoms with E-state index >= 15 is 0 Å². The zero-order valence-corrected chi connectivity index (χ0v) is 16.2. The molecule has 28 heavy (non-hydrogen) atoms. The lowest BCUT2D eigenvalue weighted by Gasteiger charge is -2.09. The number of amides is 1. The van der Waals surface area contributed by atoms with Crippen molar-refractivity contribution in [2.24, 2.45) is 0 Å². The fourth-order valence-corrected chi connectivity index (χ4v) is 2.82. The van der Waals surface area contributed by atoms with Crippen molar-refractivity contribution in [2.75, 3.05) is 5.32 Å². The lowest BCUT2D eigenvalue weighted by Crippen LogP contribution is -2.14. The Kier molecular flexibility index (Phi) is 5.16. The van der Waals surface area contributed by atoms with Crippen LogP contribution >= 0.6 is 15.9 Å². The van der Waals surface area contributed by atoms with E-state index in [1.165, 1.54) is 0 Å². The van der Waals surface area contributed by atoms with Gasteiger partial charge in [-0.05, 0) is 48.5 Å². The highest BCUT2D eigenvalue weighted by Crippen LogP contribution is 2.25.